The molecule has 4 rings (SSSR count). The molecule has 0 amide bonds. The summed E-state index contributed by atoms with van der Waals surface area (Å²) in [4.78, 5) is 4.50. The summed E-state index contributed by atoms with van der Waals surface area (Å²) in [7, 11) is 0. The molecule has 2 heterocycles. The second-order valence-electron chi connectivity index (χ2n) is 6.84. The van der Waals surface area contributed by atoms with Crippen molar-refractivity contribution in [3.63, 3.8) is 0 Å². The summed E-state index contributed by atoms with van der Waals surface area (Å²) in [5, 5.41) is 5.94. The van der Waals surface area contributed by atoms with E-state index in [0.29, 0.717) is 10.8 Å². The highest BCUT2D eigenvalue weighted by molar-refractivity contribution is 7.98. The molecule has 0 N–H and O–H groups in total. The minimum Gasteiger partial charge on any atom is -0.494 e. The Hall–Kier alpha value is -2.57. The van der Waals surface area contributed by atoms with Crippen LogP contribution >= 0.6 is 23.4 Å². The minimum absolute atomic E-state index is 0.337. The lowest BCUT2D eigenvalue weighted by Crippen LogP contribution is -1.96. The Kier molecular flexibility index (Phi) is 6.55. The van der Waals surface area contributed by atoms with Crippen molar-refractivity contribution in [3.05, 3.63) is 77.3 Å². The predicted molar refractivity (Wildman–Crippen MR) is 120 cm³/mol. The molecule has 30 heavy (non-hydrogen) atoms. The van der Waals surface area contributed by atoms with Crippen molar-refractivity contribution in [1.29, 1.82) is 0 Å². The van der Waals surface area contributed by atoms with E-state index in [1.165, 1.54) is 12.1 Å². The Balaban J connectivity index is 1.53. The zero-order chi connectivity index (χ0) is 20.9. The van der Waals surface area contributed by atoms with E-state index in [1.807, 2.05) is 41.0 Å². The lowest BCUT2D eigenvalue weighted by Gasteiger charge is -2.05. The third-order valence-corrected chi connectivity index (χ3v) is 6.05. The van der Waals surface area contributed by atoms with Gasteiger partial charge in [-0.15, -0.1) is 0 Å². The SMILES string of the molecule is CCCCOc1ccc(-c2cc3c(SCc4ccc(F)cc4Cl)nccn3n2)cc1. The Morgan fingerprint density at radius 3 is 2.73 bits per heavy atom. The van der Waals surface area contributed by atoms with Crippen LogP contribution in [0, 0.1) is 5.82 Å². The molecule has 2 aromatic heterocycles. The number of aromatic nitrogens is 3. The molecular weight excluding hydrogens is 421 g/mol. The zero-order valence-corrected chi connectivity index (χ0v) is 18.1. The Morgan fingerprint density at radius 1 is 1.13 bits per heavy atom. The second-order valence-corrected chi connectivity index (χ2v) is 8.21. The zero-order valence-electron chi connectivity index (χ0n) is 16.5. The maximum Gasteiger partial charge on any atom is 0.124 e. The van der Waals surface area contributed by atoms with E-state index < -0.39 is 0 Å². The highest BCUT2D eigenvalue weighted by atomic mass is 35.5. The molecule has 0 aliphatic rings. The van der Waals surface area contributed by atoms with Gasteiger partial charge in [0.2, 0.25) is 0 Å². The first-order valence-corrected chi connectivity index (χ1v) is 11.1. The molecule has 2 aromatic carbocycles. The molecule has 7 heteroatoms. The van der Waals surface area contributed by atoms with Crippen LogP contribution in [0.5, 0.6) is 5.75 Å². The first kappa shape index (κ1) is 20.7. The van der Waals surface area contributed by atoms with Gasteiger partial charge in [0.15, 0.2) is 0 Å². The minimum atomic E-state index is -0.337. The van der Waals surface area contributed by atoms with Crippen molar-refractivity contribution in [2.75, 3.05) is 6.61 Å². The van der Waals surface area contributed by atoms with E-state index in [1.54, 1.807) is 24.0 Å². The molecule has 4 aromatic rings. The summed E-state index contributed by atoms with van der Waals surface area (Å²) in [5.74, 6) is 1.12. The first-order chi connectivity index (χ1) is 14.6. The van der Waals surface area contributed by atoms with Gasteiger partial charge in [0, 0.05) is 28.7 Å². The number of rotatable bonds is 8. The fourth-order valence-corrected chi connectivity index (χ4v) is 4.28. The van der Waals surface area contributed by atoms with Crippen LogP contribution in [0.1, 0.15) is 25.3 Å². The van der Waals surface area contributed by atoms with Gasteiger partial charge in [0.25, 0.3) is 0 Å². The number of thioether (sulfide) groups is 1. The summed E-state index contributed by atoms with van der Waals surface area (Å²) < 4.78 is 20.8. The van der Waals surface area contributed by atoms with Gasteiger partial charge in [0.1, 0.15) is 16.6 Å². The van der Waals surface area contributed by atoms with Crippen molar-refractivity contribution in [3.8, 4) is 17.0 Å². The molecule has 0 atom stereocenters. The molecule has 0 saturated carbocycles. The highest BCUT2D eigenvalue weighted by Crippen LogP contribution is 2.30. The van der Waals surface area contributed by atoms with E-state index >= 15 is 0 Å². The number of halogens is 2. The van der Waals surface area contributed by atoms with Gasteiger partial charge >= 0.3 is 0 Å². The Labute approximate surface area is 184 Å². The summed E-state index contributed by atoms with van der Waals surface area (Å²) in [5.41, 5.74) is 3.66. The molecular formula is C23H21ClFN3OS. The molecule has 0 bridgehead atoms. The first-order valence-electron chi connectivity index (χ1n) is 9.78. The van der Waals surface area contributed by atoms with E-state index in [9.17, 15) is 4.39 Å². The van der Waals surface area contributed by atoms with Gasteiger partial charge in [0.05, 0.1) is 17.8 Å². The fraction of sp³-hybridized carbons (Fsp3) is 0.217. The van der Waals surface area contributed by atoms with Crippen molar-refractivity contribution in [2.45, 2.75) is 30.5 Å². The number of hydrogen-bond donors (Lipinski definition) is 0. The van der Waals surface area contributed by atoms with Crippen LogP contribution in [0.15, 0.2) is 66.0 Å². The third-order valence-electron chi connectivity index (χ3n) is 4.65. The van der Waals surface area contributed by atoms with Crippen LogP contribution in [0.2, 0.25) is 5.02 Å². The molecule has 0 aliphatic carbocycles. The monoisotopic (exact) mass is 441 g/mol. The van der Waals surface area contributed by atoms with E-state index in [-0.39, 0.29) is 5.82 Å². The summed E-state index contributed by atoms with van der Waals surface area (Å²) in [6.07, 6.45) is 5.71. The molecule has 0 unspecified atom stereocenters. The number of unbranched alkanes of at least 4 members (excludes halogenated alkanes) is 1. The van der Waals surface area contributed by atoms with Crippen LogP contribution in [0.4, 0.5) is 4.39 Å². The van der Waals surface area contributed by atoms with Gasteiger partial charge in [-0.25, -0.2) is 13.9 Å². The van der Waals surface area contributed by atoms with Gasteiger partial charge in [-0.2, -0.15) is 5.10 Å². The van der Waals surface area contributed by atoms with E-state index in [0.717, 1.165) is 52.6 Å². The molecule has 154 valence electrons. The van der Waals surface area contributed by atoms with Crippen LogP contribution in [-0.4, -0.2) is 21.2 Å². The van der Waals surface area contributed by atoms with Crippen LogP contribution in [-0.2, 0) is 5.75 Å². The number of hydrogen-bond acceptors (Lipinski definition) is 4. The quantitative estimate of drug-likeness (QED) is 0.226. The lowest BCUT2D eigenvalue weighted by atomic mass is 10.1. The maximum atomic E-state index is 13.3. The standard InChI is InChI=1S/C23H21ClFN3OS/c1-2-3-12-29-19-8-5-16(6-9-19)21-14-22-23(26-10-11-28(22)27-21)30-15-17-4-7-18(25)13-20(17)24/h4-11,13-14H,2-3,12,15H2,1H3. The van der Waals surface area contributed by atoms with Crippen molar-refractivity contribution in [2.24, 2.45) is 0 Å². The van der Waals surface area contributed by atoms with Crippen LogP contribution in [0.25, 0.3) is 16.8 Å². The topological polar surface area (TPSA) is 39.4 Å². The van der Waals surface area contributed by atoms with Crippen molar-refractivity contribution in [1.82, 2.24) is 14.6 Å². The van der Waals surface area contributed by atoms with Crippen LogP contribution < -0.4 is 4.74 Å². The van der Waals surface area contributed by atoms with Crippen molar-refractivity contribution >= 4 is 28.9 Å². The summed E-state index contributed by atoms with van der Waals surface area (Å²) in [6, 6.07) is 14.5. The van der Waals surface area contributed by atoms with Gasteiger partial charge < -0.3 is 4.74 Å². The molecule has 0 aliphatic heterocycles. The van der Waals surface area contributed by atoms with E-state index in [2.05, 4.69) is 17.0 Å². The number of benzene rings is 2. The number of nitrogens with zero attached hydrogens (tertiary/aromatic N) is 3. The third kappa shape index (κ3) is 4.77. The largest absolute Gasteiger partial charge is 0.494 e. The summed E-state index contributed by atoms with van der Waals surface area (Å²) >= 11 is 7.70. The predicted octanol–water partition coefficient (Wildman–Crippen LogP) is 6.66. The molecule has 0 spiro atoms. The van der Waals surface area contributed by atoms with Crippen LogP contribution in [0.3, 0.4) is 0 Å². The molecule has 4 nitrogen and oxygen atoms in total. The number of ether oxygens (including phenoxy) is 1. The lowest BCUT2D eigenvalue weighted by molar-refractivity contribution is 0.309. The smallest absolute Gasteiger partial charge is 0.124 e. The van der Waals surface area contributed by atoms with Gasteiger partial charge in [-0.3, -0.25) is 0 Å². The summed E-state index contributed by atoms with van der Waals surface area (Å²) in [6.45, 7) is 2.88. The fourth-order valence-electron chi connectivity index (χ4n) is 2.99. The van der Waals surface area contributed by atoms with Gasteiger partial charge in [-0.05, 0) is 54.4 Å². The molecule has 0 fully saturated rings. The second kappa shape index (κ2) is 9.49. The molecule has 0 saturated heterocycles. The maximum absolute atomic E-state index is 13.3. The highest BCUT2D eigenvalue weighted by Gasteiger charge is 2.11. The van der Waals surface area contributed by atoms with Crippen molar-refractivity contribution < 1.29 is 9.13 Å². The Bertz CT molecular complexity index is 1150. The molecule has 0 radical (unpaired) electrons. The Morgan fingerprint density at radius 2 is 1.97 bits per heavy atom. The number of fused-ring (bicyclic) bond motifs is 1. The average molecular weight is 442 g/mol. The normalized spacial score (nSPS) is 11.2. The van der Waals surface area contributed by atoms with Gasteiger partial charge in [-0.1, -0.05) is 42.8 Å². The van der Waals surface area contributed by atoms with E-state index in [4.69, 9.17) is 16.3 Å². The average Bonchev–Trinajstić information content (AvgIpc) is 3.19.